The summed E-state index contributed by atoms with van der Waals surface area (Å²) in [6.45, 7) is 0. The number of phenolic OH excluding ortho intramolecular Hbond substituents is 2. The maximum absolute atomic E-state index is 12.3. The molecule has 0 saturated carbocycles. The number of azo groups is 2. The van der Waals surface area contributed by atoms with Gasteiger partial charge in [-0.25, -0.2) is 4.79 Å². The molecule has 276 valence electrons. The molecule has 6 N–H and O–H groups in total. The molecule has 0 radical (unpaired) electrons. The average molecular weight is 775 g/mol. The van der Waals surface area contributed by atoms with Gasteiger partial charge in [0.25, 0.3) is 20.2 Å². The van der Waals surface area contributed by atoms with Crippen LogP contribution in [0.4, 0.5) is 22.7 Å². The van der Waals surface area contributed by atoms with Gasteiger partial charge in [0, 0.05) is 16.2 Å². The summed E-state index contributed by atoms with van der Waals surface area (Å²) in [4.78, 5) is 10.1. The lowest BCUT2D eigenvalue weighted by molar-refractivity contribution is 0.0693. The van der Waals surface area contributed by atoms with Crippen LogP contribution in [0.2, 0.25) is 0 Å². The van der Waals surface area contributed by atoms with Gasteiger partial charge in [0.15, 0.2) is 11.5 Å². The van der Waals surface area contributed by atoms with E-state index in [-0.39, 0.29) is 55.9 Å². The molecule has 0 aliphatic heterocycles. The first kappa shape index (κ1) is 37.1. The lowest BCUT2D eigenvalue weighted by Gasteiger charge is -2.12. The van der Waals surface area contributed by atoms with Crippen molar-refractivity contribution < 1.29 is 60.6 Å². The van der Waals surface area contributed by atoms with E-state index in [0.29, 0.717) is 11.1 Å². The number of carboxylic acid groups (broad SMARTS) is 1. The van der Waals surface area contributed by atoms with Crippen LogP contribution >= 0.6 is 0 Å². The van der Waals surface area contributed by atoms with E-state index in [1.54, 1.807) is 36.4 Å². The Morgan fingerprint density at radius 2 is 1.13 bits per heavy atom. The van der Waals surface area contributed by atoms with Gasteiger partial charge in [0.05, 0.1) is 14.2 Å². The van der Waals surface area contributed by atoms with Crippen LogP contribution in [-0.4, -0.2) is 66.6 Å². The molecule has 6 aromatic carbocycles. The predicted octanol–water partition coefficient (Wildman–Crippen LogP) is 7.82. The molecular weight excluding hydrogens is 749 g/mol. The van der Waals surface area contributed by atoms with Crippen molar-refractivity contribution in [1.29, 1.82) is 0 Å². The predicted molar refractivity (Wildman–Crippen MR) is 193 cm³/mol. The van der Waals surface area contributed by atoms with Gasteiger partial charge in [-0.3, -0.25) is 9.11 Å². The first-order valence-corrected chi connectivity index (χ1v) is 18.1. The van der Waals surface area contributed by atoms with Gasteiger partial charge in [-0.2, -0.15) is 16.8 Å². The van der Waals surface area contributed by atoms with Crippen LogP contribution in [0, 0.1) is 0 Å². The summed E-state index contributed by atoms with van der Waals surface area (Å²) in [6.07, 6.45) is 0. The lowest BCUT2D eigenvalue weighted by Crippen LogP contribution is -2.00. The largest absolute Gasteiger partial charge is 0.507 e. The van der Waals surface area contributed by atoms with Crippen molar-refractivity contribution in [2.75, 3.05) is 14.2 Å². The highest BCUT2D eigenvalue weighted by Gasteiger charge is 2.24. The summed E-state index contributed by atoms with van der Waals surface area (Å²) in [5, 5.41) is 57.1. The molecule has 6 aromatic rings. The minimum Gasteiger partial charge on any atom is -0.507 e. The molecule has 0 aromatic heterocycles. The fourth-order valence-corrected chi connectivity index (χ4v) is 6.92. The second kappa shape index (κ2) is 14.0. The Morgan fingerprint density at radius 1 is 0.593 bits per heavy atom. The van der Waals surface area contributed by atoms with Gasteiger partial charge in [0.1, 0.15) is 55.4 Å². The summed E-state index contributed by atoms with van der Waals surface area (Å²) in [5.41, 5.74) is -0.102. The fraction of sp³-hybridized carbons (Fsp3) is 0.0571. The summed E-state index contributed by atoms with van der Waals surface area (Å²) in [6, 6.07) is 19.1. The van der Waals surface area contributed by atoms with Crippen LogP contribution < -0.4 is 9.47 Å². The zero-order chi connectivity index (χ0) is 39.1. The summed E-state index contributed by atoms with van der Waals surface area (Å²) >= 11 is 0. The first-order valence-electron chi connectivity index (χ1n) is 15.2. The zero-order valence-electron chi connectivity index (χ0n) is 27.7. The molecule has 0 fully saturated rings. The van der Waals surface area contributed by atoms with Crippen LogP contribution in [0.3, 0.4) is 0 Å². The van der Waals surface area contributed by atoms with Crippen molar-refractivity contribution >= 4 is 70.5 Å². The Hall–Kier alpha value is -6.67. The van der Waals surface area contributed by atoms with E-state index in [1.807, 2.05) is 0 Å². The van der Waals surface area contributed by atoms with Gasteiger partial charge >= 0.3 is 5.97 Å². The van der Waals surface area contributed by atoms with Crippen LogP contribution in [-0.2, 0) is 20.2 Å². The SMILES string of the molecule is COc1cc(-c2ccc(N=Nc3c(S(=O)(=O)O)cc4cc(C(=O)O)c(O)cc4c3O)c(OC)c2)ccc1N=Nc1cc(S(=O)(=O)O)c2ccccc2c1O. The van der Waals surface area contributed by atoms with Gasteiger partial charge < -0.3 is 29.9 Å². The quantitative estimate of drug-likeness (QED) is 0.0573. The third-order valence-corrected chi connectivity index (χ3v) is 9.89. The Balaban J connectivity index is 1.35. The smallest absolute Gasteiger partial charge is 0.339 e. The molecule has 6 rings (SSSR count). The molecule has 0 unspecified atom stereocenters. The minimum atomic E-state index is -5.03. The van der Waals surface area contributed by atoms with E-state index in [1.165, 1.54) is 38.5 Å². The van der Waals surface area contributed by atoms with Crippen molar-refractivity contribution in [1.82, 2.24) is 0 Å². The van der Waals surface area contributed by atoms with Crippen molar-refractivity contribution in [3.63, 3.8) is 0 Å². The zero-order valence-corrected chi connectivity index (χ0v) is 29.4. The molecule has 0 amide bonds. The van der Waals surface area contributed by atoms with E-state index >= 15 is 0 Å². The number of aromatic hydroxyl groups is 3. The van der Waals surface area contributed by atoms with Gasteiger partial charge in [-0.1, -0.05) is 36.4 Å². The number of fused-ring (bicyclic) bond motifs is 2. The molecule has 19 heteroatoms. The number of benzene rings is 6. The second-order valence-electron chi connectivity index (χ2n) is 11.4. The second-order valence-corrected chi connectivity index (χ2v) is 14.2. The standard InChI is InChI=1S/C35H26N4O13S2/c1-51-28-12-17(7-9-24(28)36-38-26-16-30(53(45,46)47)20-5-3-4-6-21(20)33(26)41)18-8-10-25(29(13-18)52-2)37-39-32-31(54(48,49)50)14-19-11-23(35(43)44)27(40)15-22(19)34(32)42/h3-16,40-42H,1-2H3,(H,43,44)(H,45,46,47)(H,48,49,50). The summed E-state index contributed by atoms with van der Waals surface area (Å²) in [7, 11) is -7.00. The maximum Gasteiger partial charge on any atom is 0.339 e. The molecular formula is C35H26N4O13S2. The molecule has 17 nitrogen and oxygen atoms in total. The first-order chi connectivity index (χ1) is 25.5. The van der Waals surface area contributed by atoms with Crippen LogP contribution in [0.25, 0.3) is 32.7 Å². The number of carbonyl (C=O) groups is 1. The molecule has 0 spiro atoms. The van der Waals surface area contributed by atoms with Crippen molar-refractivity contribution in [2.45, 2.75) is 9.79 Å². The molecule has 0 aliphatic carbocycles. The summed E-state index contributed by atoms with van der Waals surface area (Å²) < 4.78 is 79.3. The maximum atomic E-state index is 12.3. The van der Waals surface area contributed by atoms with Crippen molar-refractivity contribution in [3.8, 4) is 39.9 Å². The van der Waals surface area contributed by atoms with E-state index in [4.69, 9.17) is 9.47 Å². The number of methoxy groups -OCH3 is 2. The number of aromatic carboxylic acids is 1. The lowest BCUT2D eigenvalue weighted by atomic mass is 10.0. The number of carboxylic acids is 1. The van der Waals surface area contributed by atoms with E-state index in [2.05, 4.69) is 20.5 Å². The van der Waals surface area contributed by atoms with Crippen LogP contribution in [0.5, 0.6) is 28.7 Å². The number of rotatable bonds is 10. The van der Waals surface area contributed by atoms with Crippen molar-refractivity contribution in [3.05, 3.63) is 90.5 Å². The van der Waals surface area contributed by atoms with Gasteiger partial charge in [0.2, 0.25) is 0 Å². The monoisotopic (exact) mass is 774 g/mol. The highest BCUT2D eigenvalue weighted by atomic mass is 32.2. The number of ether oxygens (including phenoxy) is 2. The van der Waals surface area contributed by atoms with Crippen molar-refractivity contribution in [2.24, 2.45) is 20.5 Å². The highest BCUT2D eigenvalue weighted by Crippen LogP contribution is 2.45. The molecule has 0 atom stereocenters. The topological polar surface area (TPSA) is 275 Å². The number of hydrogen-bond acceptors (Lipinski definition) is 14. The number of hydrogen-bond donors (Lipinski definition) is 6. The highest BCUT2D eigenvalue weighted by molar-refractivity contribution is 7.86. The van der Waals surface area contributed by atoms with E-state index in [0.717, 1.165) is 24.3 Å². The Morgan fingerprint density at radius 3 is 1.67 bits per heavy atom. The third-order valence-electron chi connectivity index (χ3n) is 8.13. The van der Waals surface area contributed by atoms with E-state index < -0.39 is 58.7 Å². The normalized spacial score (nSPS) is 12.2. The van der Waals surface area contributed by atoms with Crippen LogP contribution in [0.15, 0.2) is 115 Å². The molecule has 0 heterocycles. The average Bonchev–Trinajstić information content (AvgIpc) is 3.13. The molecule has 54 heavy (non-hydrogen) atoms. The Labute approximate surface area is 305 Å². The van der Waals surface area contributed by atoms with Crippen LogP contribution in [0.1, 0.15) is 10.4 Å². The number of phenols is 3. The Bertz CT molecular complexity index is 2820. The molecule has 0 saturated heterocycles. The third kappa shape index (κ3) is 7.06. The molecule has 0 aliphatic rings. The number of nitrogens with zero attached hydrogens (tertiary/aromatic N) is 4. The Kier molecular flexibility index (Phi) is 9.65. The minimum absolute atomic E-state index is 0.0583. The summed E-state index contributed by atoms with van der Waals surface area (Å²) in [5.74, 6) is -3.04. The molecule has 0 bridgehead atoms. The van der Waals surface area contributed by atoms with E-state index in [9.17, 15) is 51.2 Å². The fourth-order valence-electron chi connectivity index (χ4n) is 5.54. The van der Waals surface area contributed by atoms with Gasteiger partial charge in [-0.15, -0.1) is 20.5 Å². The van der Waals surface area contributed by atoms with Gasteiger partial charge in [-0.05, 0) is 65.0 Å².